The molecule has 1 saturated carbocycles. The summed E-state index contributed by atoms with van der Waals surface area (Å²) in [5.41, 5.74) is 2.90. The summed E-state index contributed by atoms with van der Waals surface area (Å²) in [4.78, 5) is 32.0. The molecular weight excluding hydrogens is 371 g/mol. The van der Waals surface area contributed by atoms with Gasteiger partial charge in [-0.2, -0.15) is 0 Å². The highest BCUT2D eigenvalue weighted by atomic mass is 19.1. The summed E-state index contributed by atoms with van der Waals surface area (Å²) in [5.74, 6) is 0.295. The van der Waals surface area contributed by atoms with Crippen molar-refractivity contribution in [3.05, 3.63) is 57.9 Å². The average Bonchev–Trinajstić information content (AvgIpc) is 3.44. The van der Waals surface area contributed by atoms with E-state index in [0.29, 0.717) is 17.3 Å². The molecule has 1 amide bonds. The highest BCUT2D eigenvalue weighted by Gasteiger charge is 2.26. The van der Waals surface area contributed by atoms with Gasteiger partial charge in [0.2, 0.25) is 5.91 Å². The first-order valence-corrected chi connectivity index (χ1v) is 10.1. The summed E-state index contributed by atoms with van der Waals surface area (Å²) in [6.45, 7) is 5.41. The van der Waals surface area contributed by atoms with Crippen LogP contribution in [0.5, 0.6) is 0 Å². The monoisotopic (exact) mass is 396 g/mol. The van der Waals surface area contributed by atoms with Crippen molar-refractivity contribution in [2.45, 2.75) is 39.5 Å². The molecule has 1 aliphatic carbocycles. The Balaban J connectivity index is 1.68. The number of aryl methyl sites for hydroxylation is 1. The van der Waals surface area contributed by atoms with Crippen molar-refractivity contribution in [3.8, 4) is 11.1 Å². The minimum Gasteiger partial charge on any atom is -0.342 e. The second-order valence-corrected chi connectivity index (χ2v) is 7.82. The van der Waals surface area contributed by atoms with E-state index < -0.39 is 0 Å². The Hall–Kier alpha value is -2.96. The Labute approximate surface area is 168 Å². The van der Waals surface area contributed by atoms with Crippen LogP contribution in [0.4, 0.5) is 4.39 Å². The van der Waals surface area contributed by atoms with Crippen LogP contribution in [-0.2, 0) is 11.2 Å². The molecule has 0 atom stereocenters. The Morgan fingerprint density at radius 1 is 1.31 bits per heavy atom. The summed E-state index contributed by atoms with van der Waals surface area (Å²) < 4.78 is 14.7. The molecule has 7 heteroatoms. The van der Waals surface area contributed by atoms with Gasteiger partial charge >= 0.3 is 0 Å². The number of rotatable bonds is 7. The molecule has 0 spiro atoms. The summed E-state index contributed by atoms with van der Waals surface area (Å²) in [6, 6.07) is 7.49. The van der Waals surface area contributed by atoms with Gasteiger partial charge in [0.25, 0.3) is 5.56 Å². The summed E-state index contributed by atoms with van der Waals surface area (Å²) >= 11 is 0. The van der Waals surface area contributed by atoms with Crippen LogP contribution in [0.15, 0.2) is 35.1 Å². The number of carbonyl (C=O) groups excluding carboxylic acids is 1. The summed E-state index contributed by atoms with van der Waals surface area (Å²) in [6.07, 6.45) is 3.37. The van der Waals surface area contributed by atoms with Gasteiger partial charge in [0.05, 0.1) is 12.1 Å². The van der Waals surface area contributed by atoms with E-state index in [4.69, 9.17) is 0 Å². The van der Waals surface area contributed by atoms with E-state index in [9.17, 15) is 14.0 Å². The second kappa shape index (κ2) is 7.81. The van der Waals surface area contributed by atoms with Crippen LogP contribution in [0.3, 0.4) is 0 Å². The van der Waals surface area contributed by atoms with Crippen LogP contribution in [-0.4, -0.2) is 38.5 Å². The largest absolute Gasteiger partial charge is 0.342 e. The lowest BCUT2D eigenvalue weighted by molar-refractivity contribution is -0.130. The molecule has 1 aliphatic rings. The number of amides is 1. The smallest absolute Gasteiger partial charge is 0.272 e. The lowest BCUT2D eigenvalue weighted by Crippen LogP contribution is -2.35. The lowest BCUT2D eigenvalue weighted by atomic mass is 10.1. The molecule has 6 nitrogen and oxygen atoms in total. The van der Waals surface area contributed by atoms with Crippen molar-refractivity contribution in [2.75, 3.05) is 13.1 Å². The van der Waals surface area contributed by atoms with Gasteiger partial charge in [-0.1, -0.05) is 19.1 Å². The number of aromatic amines is 1. The fraction of sp³-hybridized carbons (Fsp3) is 0.409. The standard InChI is InChI=1S/C22H25FN4O2/c1-3-10-26(13-15-4-5-15)19(28)11-18-12-20(29)27-22(24-18)21(14(2)25-27)16-6-8-17(23)9-7-16/h6-9,12,15,25H,3-5,10-11,13H2,1-2H3. The van der Waals surface area contributed by atoms with Crippen LogP contribution in [0, 0.1) is 18.7 Å². The van der Waals surface area contributed by atoms with Crippen molar-refractivity contribution in [3.63, 3.8) is 0 Å². The number of H-pyrrole nitrogens is 1. The molecule has 2 heterocycles. The molecule has 4 rings (SSSR count). The van der Waals surface area contributed by atoms with Crippen molar-refractivity contribution in [1.82, 2.24) is 19.5 Å². The van der Waals surface area contributed by atoms with Crippen molar-refractivity contribution < 1.29 is 9.18 Å². The molecular formula is C22H25FN4O2. The number of fused-ring (bicyclic) bond motifs is 1. The van der Waals surface area contributed by atoms with Crippen LogP contribution >= 0.6 is 0 Å². The number of halogens is 1. The summed E-state index contributed by atoms with van der Waals surface area (Å²) in [5, 5.41) is 3.02. The van der Waals surface area contributed by atoms with E-state index >= 15 is 0 Å². The fourth-order valence-corrected chi connectivity index (χ4v) is 3.72. The Kier molecular flexibility index (Phi) is 5.22. The molecule has 1 aromatic carbocycles. The normalized spacial score (nSPS) is 13.8. The number of aromatic nitrogens is 3. The molecule has 0 radical (unpaired) electrons. The predicted octanol–water partition coefficient (Wildman–Crippen LogP) is 3.33. The molecule has 1 N–H and O–H groups in total. The van der Waals surface area contributed by atoms with Gasteiger partial charge in [0.15, 0.2) is 5.65 Å². The van der Waals surface area contributed by atoms with E-state index in [1.165, 1.54) is 35.6 Å². The SMILES string of the molecule is CCCN(CC1CC1)C(=O)Cc1cc(=O)n2[nH]c(C)c(-c3ccc(F)cc3)c2n1. The highest BCUT2D eigenvalue weighted by Crippen LogP contribution is 2.30. The van der Waals surface area contributed by atoms with E-state index in [1.54, 1.807) is 12.1 Å². The minimum atomic E-state index is -0.325. The highest BCUT2D eigenvalue weighted by molar-refractivity contribution is 5.81. The molecule has 1 fully saturated rings. The zero-order valence-electron chi connectivity index (χ0n) is 16.7. The maximum Gasteiger partial charge on any atom is 0.272 e. The second-order valence-electron chi connectivity index (χ2n) is 7.82. The van der Waals surface area contributed by atoms with Crippen LogP contribution in [0.1, 0.15) is 37.6 Å². The molecule has 0 unspecified atom stereocenters. The van der Waals surface area contributed by atoms with E-state index in [2.05, 4.69) is 17.0 Å². The van der Waals surface area contributed by atoms with Gasteiger partial charge < -0.3 is 4.90 Å². The Morgan fingerprint density at radius 3 is 2.69 bits per heavy atom. The number of carbonyl (C=O) groups is 1. The third-order valence-corrected chi connectivity index (χ3v) is 5.34. The maximum absolute atomic E-state index is 13.3. The predicted molar refractivity (Wildman–Crippen MR) is 109 cm³/mol. The topological polar surface area (TPSA) is 70.5 Å². The third kappa shape index (κ3) is 4.09. The van der Waals surface area contributed by atoms with Gasteiger partial charge in [0, 0.05) is 30.4 Å². The lowest BCUT2D eigenvalue weighted by Gasteiger charge is -2.21. The first-order chi connectivity index (χ1) is 14.0. The van der Waals surface area contributed by atoms with Crippen molar-refractivity contribution >= 4 is 11.6 Å². The van der Waals surface area contributed by atoms with E-state index in [-0.39, 0.29) is 23.7 Å². The van der Waals surface area contributed by atoms with Crippen LogP contribution in [0.2, 0.25) is 0 Å². The number of hydrogen-bond donors (Lipinski definition) is 1. The average molecular weight is 396 g/mol. The molecule has 0 saturated heterocycles. The zero-order valence-corrected chi connectivity index (χ0v) is 16.7. The van der Waals surface area contributed by atoms with Gasteiger partial charge in [-0.05, 0) is 49.8 Å². The fourth-order valence-electron chi connectivity index (χ4n) is 3.72. The third-order valence-electron chi connectivity index (χ3n) is 5.34. The number of nitrogens with zero attached hydrogens (tertiary/aromatic N) is 3. The molecule has 0 aliphatic heterocycles. The van der Waals surface area contributed by atoms with Crippen molar-refractivity contribution in [1.29, 1.82) is 0 Å². The van der Waals surface area contributed by atoms with Gasteiger partial charge in [-0.3, -0.25) is 14.7 Å². The first-order valence-electron chi connectivity index (χ1n) is 10.1. The maximum atomic E-state index is 13.3. The zero-order chi connectivity index (χ0) is 20.5. The molecule has 29 heavy (non-hydrogen) atoms. The molecule has 3 aromatic rings. The number of benzene rings is 1. The van der Waals surface area contributed by atoms with Gasteiger partial charge in [-0.15, -0.1) is 0 Å². The number of hydrogen-bond acceptors (Lipinski definition) is 3. The first kappa shape index (κ1) is 19.4. The van der Waals surface area contributed by atoms with Gasteiger partial charge in [0.1, 0.15) is 5.82 Å². The van der Waals surface area contributed by atoms with Gasteiger partial charge in [-0.25, -0.2) is 13.9 Å². The van der Waals surface area contributed by atoms with Crippen molar-refractivity contribution in [2.24, 2.45) is 5.92 Å². The van der Waals surface area contributed by atoms with Crippen LogP contribution in [0.25, 0.3) is 16.8 Å². The number of nitrogens with one attached hydrogen (secondary N) is 1. The Morgan fingerprint density at radius 2 is 2.03 bits per heavy atom. The van der Waals surface area contributed by atoms with E-state index in [1.807, 2.05) is 11.8 Å². The summed E-state index contributed by atoms with van der Waals surface area (Å²) in [7, 11) is 0. The van der Waals surface area contributed by atoms with Crippen LogP contribution < -0.4 is 5.56 Å². The molecule has 2 aromatic heterocycles. The minimum absolute atomic E-state index is 0.00518. The quantitative estimate of drug-likeness (QED) is 0.666. The molecule has 152 valence electrons. The molecule has 0 bridgehead atoms. The Bertz CT molecular complexity index is 1100. The van der Waals surface area contributed by atoms with E-state index in [0.717, 1.165) is 36.3 Å².